The lowest BCUT2D eigenvalue weighted by Crippen LogP contribution is -2.52. The summed E-state index contributed by atoms with van der Waals surface area (Å²) in [6.45, 7) is 6.57. The topological polar surface area (TPSA) is 52.0 Å². The van der Waals surface area contributed by atoms with E-state index in [1.165, 1.54) is 77.0 Å². The van der Waals surface area contributed by atoms with E-state index in [4.69, 9.17) is 11.5 Å². The van der Waals surface area contributed by atoms with Crippen LogP contribution in [0.5, 0.6) is 0 Å². The Hall–Kier alpha value is -0.340. The van der Waals surface area contributed by atoms with Gasteiger partial charge in [0.25, 0.3) is 0 Å². The van der Waals surface area contributed by atoms with E-state index in [9.17, 15) is 0 Å². The third-order valence-electron chi connectivity index (χ3n) is 4.96. The fourth-order valence-corrected chi connectivity index (χ4v) is 3.02. The van der Waals surface area contributed by atoms with Crippen molar-refractivity contribution < 1.29 is 0 Å². The first kappa shape index (κ1) is 22.7. The highest BCUT2D eigenvalue weighted by molar-refractivity contribution is 5.09. The van der Waals surface area contributed by atoms with Crippen LogP contribution in [0.15, 0.2) is 12.2 Å². The molecule has 0 saturated carbocycles. The quantitative estimate of drug-likeness (QED) is 0.267. The monoisotopic (exact) mass is 324 g/mol. The van der Waals surface area contributed by atoms with E-state index in [1.54, 1.807) is 0 Å². The average Bonchev–Trinajstić information content (AvgIpc) is 2.53. The molecule has 2 heteroatoms. The molecular weight excluding hydrogens is 280 g/mol. The first-order valence-corrected chi connectivity index (χ1v) is 10.3. The summed E-state index contributed by atoms with van der Waals surface area (Å²) >= 11 is 0. The maximum atomic E-state index is 6.55. The molecule has 0 aromatic carbocycles. The molecule has 4 N–H and O–H groups in total. The van der Waals surface area contributed by atoms with E-state index in [-0.39, 0.29) is 11.6 Å². The van der Waals surface area contributed by atoms with E-state index in [0.717, 1.165) is 12.8 Å². The molecule has 0 fully saturated rings. The Bertz CT molecular complexity index is 273. The SMILES string of the molecule is CCCCCCCCC=CC(N)(CCCCCCCC)C(C)N. The summed E-state index contributed by atoms with van der Waals surface area (Å²) in [5, 5.41) is 0. The van der Waals surface area contributed by atoms with Gasteiger partial charge in [0.2, 0.25) is 0 Å². The van der Waals surface area contributed by atoms with Crippen molar-refractivity contribution in [2.45, 2.75) is 122 Å². The van der Waals surface area contributed by atoms with E-state index in [2.05, 4.69) is 26.0 Å². The molecule has 0 radical (unpaired) electrons. The van der Waals surface area contributed by atoms with Crippen LogP contribution in [0.25, 0.3) is 0 Å². The Balaban J connectivity index is 3.90. The lowest BCUT2D eigenvalue weighted by atomic mass is 9.86. The fourth-order valence-electron chi connectivity index (χ4n) is 3.02. The second kappa shape index (κ2) is 15.2. The predicted molar refractivity (Wildman–Crippen MR) is 106 cm³/mol. The number of hydrogen-bond donors (Lipinski definition) is 2. The van der Waals surface area contributed by atoms with Gasteiger partial charge in [-0.05, 0) is 26.2 Å². The first-order valence-electron chi connectivity index (χ1n) is 10.3. The molecular formula is C21H44N2. The van der Waals surface area contributed by atoms with E-state index >= 15 is 0 Å². The molecule has 2 nitrogen and oxygen atoms in total. The number of allylic oxidation sites excluding steroid dienone is 1. The highest BCUT2D eigenvalue weighted by atomic mass is 14.8. The van der Waals surface area contributed by atoms with Crippen molar-refractivity contribution >= 4 is 0 Å². The minimum absolute atomic E-state index is 0.0268. The Kier molecular flexibility index (Phi) is 15.0. The second-order valence-corrected chi connectivity index (χ2v) is 7.38. The number of hydrogen-bond acceptors (Lipinski definition) is 2. The van der Waals surface area contributed by atoms with Gasteiger partial charge in [-0.1, -0.05) is 96.6 Å². The van der Waals surface area contributed by atoms with Crippen molar-refractivity contribution in [1.29, 1.82) is 0 Å². The van der Waals surface area contributed by atoms with Crippen LogP contribution < -0.4 is 11.5 Å². The minimum atomic E-state index is -0.313. The van der Waals surface area contributed by atoms with Crippen LogP contribution in [-0.4, -0.2) is 11.6 Å². The van der Waals surface area contributed by atoms with Gasteiger partial charge in [0.15, 0.2) is 0 Å². The van der Waals surface area contributed by atoms with Crippen LogP contribution in [0.1, 0.15) is 111 Å². The zero-order chi connectivity index (χ0) is 17.4. The molecule has 0 saturated heterocycles. The molecule has 0 aromatic rings. The molecule has 23 heavy (non-hydrogen) atoms. The lowest BCUT2D eigenvalue weighted by Gasteiger charge is -2.30. The van der Waals surface area contributed by atoms with Gasteiger partial charge in [-0.3, -0.25) is 0 Å². The molecule has 138 valence electrons. The third kappa shape index (κ3) is 12.7. The molecule has 2 unspecified atom stereocenters. The molecule has 0 bridgehead atoms. The van der Waals surface area contributed by atoms with Crippen molar-refractivity contribution in [1.82, 2.24) is 0 Å². The van der Waals surface area contributed by atoms with Gasteiger partial charge >= 0.3 is 0 Å². The van der Waals surface area contributed by atoms with E-state index in [0.29, 0.717) is 0 Å². The van der Waals surface area contributed by atoms with Crippen LogP contribution in [0.3, 0.4) is 0 Å². The highest BCUT2D eigenvalue weighted by Gasteiger charge is 2.25. The first-order chi connectivity index (χ1) is 11.1. The van der Waals surface area contributed by atoms with Gasteiger partial charge in [-0.25, -0.2) is 0 Å². The molecule has 0 rings (SSSR count). The van der Waals surface area contributed by atoms with Crippen LogP contribution in [0.4, 0.5) is 0 Å². The Morgan fingerprint density at radius 3 is 1.78 bits per heavy atom. The predicted octanol–water partition coefficient (Wildman–Crippen LogP) is 6.09. The summed E-state index contributed by atoms with van der Waals surface area (Å²) in [6.07, 6.45) is 22.6. The normalized spacial score (nSPS) is 15.9. The molecule has 0 heterocycles. The van der Waals surface area contributed by atoms with E-state index in [1.807, 2.05) is 6.92 Å². The van der Waals surface area contributed by atoms with Crippen molar-refractivity contribution in [3.05, 3.63) is 12.2 Å². The summed E-state index contributed by atoms with van der Waals surface area (Å²) in [6, 6.07) is 0.0268. The largest absolute Gasteiger partial charge is 0.326 e. The van der Waals surface area contributed by atoms with Gasteiger partial charge < -0.3 is 11.5 Å². The molecule has 0 amide bonds. The Morgan fingerprint density at radius 1 is 0.783 bits per heavy atom. The molecule has 0 aromatic heterocycles. The van der Waals surface area contributed by atoms with Crippen molar-refractivity contribution in [3.8, 4) is 0 Å². The van der Waals surface area contributed by atoms with Crippen LogP contribution >= 0.6 is 0 Å². The zero-order valence-corrected chi connectivity index (χ0v) is 16.3. The Labute approximate surface area is 146 Å². The van der Waals surface area contributed by atoms with Crippen molar-refractivity contribution in [2.24, 2.45) is 11.5 Å². The second-order valence-electron chi connectivity index (χ2n) is 7.38. The van der Waals surface area contributed by atoms with Gasteiger partial charge in [0.05, 0.1) is 0 Å². The van der Waals surface area contributed by atoms with Gasteiger partial charge in [0.1, 0.15) is 0 Å². The summed E-state index contributed by atoms with van der Waals surface area (Å²) in [4.78, 5) is 0. The number of rotatable bonds is 16. The molecule has 0 spiro atoms. The minimum Gasteiger partial charge on any atom is -0.326 e. The van der Waals surface area contributed by atoms with Gasteiger partial charge in [-0.2, -0.15) is 0 Å². The maximum Gasteiger partial charge on any atom is 0.0490 e. The number of nitrogens with two attached hydrogens (primary N) is 2. The summed E-state index contributed by atoms with van der Waals surface area (Å²) < 4.78 is 0. The number of unbranched alkanes of at least 4 members (excludes halogenated alkanes) is 11. The lowest BCUT2D eigenvalue weighted by molar-refractivity contribution is 0.391. The highest BCUT2D eigenvalue weighted by Crippen LogP contribution is 2.19. The molecule has 0 aliphatic heterocycles. The smallest absolute Gasteiger partial charge is 0.0490 e. The molecule has 2 atom stereocenters. The summed E-state index contributed by atoms with van der Waals surface area (Å²) in [5.41, 5.74) is 12.4. The standard InChI is InChI=1S/C21H44N2/c1-4-6-8-10-12-13-15-17-19-21(23,20(3)22)18-16-14-11-9-7-5-2/h17,19-20H,4-16,18,22-23H2,1-3H3. The van der Waals surface area contributed by atoms with Crippen LogP contribution in [0.2, 0.25) is 0 Å². The van der Waals surface area contributed by atoms with Crippen molar-refractivity contribution in [3.63, 3.8) is 0 Å². The molecule has 0 aliphatic carbocycles. The summed E-state index contributed by atoms with van der Waals surface area (Å²) in [5.74, 6) is 0. The van der Waals surface area contributed by atoms with Gasteiger partial charge in [-0.15, -0.1) is 0 Å². The van der Waals surface area contributed by atoms with E-state index < -0.39 is 0 Å². The van der Waals surface area contributed by atoms with Gasteiger partial charge in [0, 0.05) is 11.6 Å². The Morgan fingerprint density at radius 2 is 1.26 bits per heavy atom. The summed E-state index contributed by atoms with van der Waals surface area (Å²) in [7, 11) is 0. The average molecular weight is 325 g/mol. The maximum absolute atomic E-state index is 6.55. The fraction of sp³-hybridized carbons (Fsp3) is 0.905. The van der Waals surface area contributed by atoms with Crippen molar-refractivity contribution in [2.75, 3.05) is 0 Å². The van der Waals surface area contributed by atoms with Crippen LogP contribution in [0, 0.1) is 0 Å². The molecule has 0 aliphatic rings. The van der Waals surface area contributed by atoms with Crippen LogP contribution in [-0.2, 0) is 0 Å². The third-order valence-corrected chi connectivity index (χ3v) is 4.96. The zero-order valence-electron chi connectivity index (χ0n) is 16.3.